The van der Waals surface area contributed by atoms with E-state index in [1.54, 1.807) is 0 Å². The standard InChI is InChI=1S/C10H15NO4S/c12-8(13)4-2-1-3-7-9-6(5-16-7)11-10(14)15-9/h6-7,9H,1-5H2,(H,11,14)(H,12,13)/t6?,7?,9-/m0/s1. The molecule has 6 heteroatoms. The number of unbranched alkanes of at least 4 members (excludes halogenated alkanes) is 1. The van der Waals surface area contributed by atoms with Gasteiger partial charge in [-0.05, 0) is 12.8 Å². The molecule has 2 heterocycles. The van der Waals surface area contributed by atoms with Gasteiger partial charge >= 0.3 is 12.1 Å². The highest BCUT2D eigenvalue weighted by Crippen LogP contribution is 2.35. The number of fused-ring (bicyclic) bond motifs is 1. The zero-order valence-electron chi connectivity index (χ0n) is 8.85. The van der Waals surface area contributed by atoms with E-state index in [1.165, 1.54) is 0 Å². The van der Waals surface area contributed by atoms with Crippen molar-refractivity contribution in [1.82, 2.24) is 5.32 Å². The molecule has 2 saturated heterocycles. The first-order chi connectivity index (χ1) is 7.66. The molecule has 2 rings (SSSR count). The number of thioether (sulfide) groups is 1. The van der Waals surface area contributed by atoms with Crippen molar-refractivity contribution in [2.75, 3.05) is 5.75 Å². The third-order valence-corrected chi connectivity index (χ3v) is 4.41. The Morgan fingerprint density at radius 3 is 3.12 bits per heavy atom. The smallest absolute Gasteiger partial charge is 0.407 e. The molecule has 3 atom stereocenters. The number of rotatable bonds is 5. The molecule has 5 nitrogen and oxygen atoms in total. The van der Waals surface area contributed by atoms with Crippen molar-refractivity contribution >= 4 is 23.8 Å². The highest BCUT2D eigenvalue weighted by atomic mass is 32.2. The number of alkyl carbamates (subject to hydrolysis) is 1. The predicted molar refractivity (Wildman–Crippen MR) is 59.5 cm³/mol. The van der Waals surface area contributed by atoms with Crippen LogP contribution < -0.4 is 5.32 Å². The molecular formula is C10H15NO4S. The Kier molecular flexibility index (Phi) is 3.58. The van der Waals surface area contributed by atoms with Crippen LogP contribution in [-0.2, 0) is 9.53 Å². The molecule has 90 valence electrons. The maximum Gasteiger partial charge on any atom is 0.407 e. The summed E-state index contributed by atoms with van der Waals surface area (Å²) in [4.78, 5) is 21.3. The second-order valence-corrected chi connectivity index (χ2v) is 5.40. The summed E-state index contributed by atoms with van der Waals surface area (Å²) in [5.74, 6) is 0.158. The quantitative estimate of drug-likeness (QED) is 0.712. The molecule has 2 aliphatic rings. The highest BCUT2D eigenvalue weighted by Gasteiger charge is 2.44. The van der Waals surface area contributed by atoms with Crippen LogP contribution in [-0.4, -0.2) is 40.3 Å². The Hall–Kier alpha value is -0.910. The lowest BCUT2D eigenvalue weighted by Crippen LogP contribution is -2.32. The van der Waals surface area contributed by atoms with Crippen LogP contribution >= 0.6 is 11.8 Å². The number of ether oxygens (including phenoxy) is 1. The van der Waals surface area contributed by atoms with Crippen LogP contribution in [0.5, 0.6) is 0 Å². The number of amides is 1. The van der Waals surface area contributed by atoms with Crippen LogP contribution in [0, 0.1) is 0 Å². The van der Waals surface area contributed by atoms with Crippen LogP contribution in [0.25, 0.3) is 0 Å². The van der Waals surface area contributed by atoms with Gasteiger partial charge in [-0.2, -0.15) is 11.8 Å². The summed E-state index contributed by atoms with van der Waals surface area (Å²) < 4.78 is 5.19. The molecule has 0 aromatic rings. The summed E-state index contributed by atoms with van der Waals surface area (Å²) in [6.45, 7) is 0. The largest absolute Gasteiger partial charge is 0.481 e. The molecule has 0 radical (unpaired) electrons. The molecule has 0 aromatic carbocycles. The third-order valence-electron chi connectivity index (χ3n) is 2.93. The van der Waals surface area contributed by atoms with Crippen LogP contribution in [0.2, 0.25) is 0 Å². The van der Waals surface area contributed by atoms with Crippen molar-refractivity contribution in [2.45, 2.75) is 43.1 Å². The first-order valence-electron chi connectivity index (χ1n) is 5.47. The minimum absolute atomic E-state index is 0.0117. The Bertz CT molecular complexity index is 297. The molecule has 0 spiro atoms. The highest BCUT2D eigenvalue weighted by molar-refractivity contribution is 8.00. The lowest BCUT2D eigenvalue weighted by molar-refractivity contribution is -0.137. The van der Waals surface area contributed by atoms with Crippen molar-refractivity contribution in [2.24, 2.45) is 0 Å². The van der Waals surface area contributed by atoms with E-state index in [9.17, 15) is 9.59 Å². The van der Waals surface area contributed by atoms with Crippen molar-refractivity contribution in [3.63, 3.8) is 0 Å². The van der Waals surface area contributed by atoms with E-state index in [-0.39, 0.29) is 24.7 Å². The number of hydrogen-bond acceptors (Lipinski definition) is 4. The van der Waals surface area contributed by atoms with Gasteiger partial charge in [0.1, 0.15) is 6.10 Å². The number of carbonyl (C=O) groups excluding carboxylic acids is 1. The first-order valence-corrected chi connectivity index (χ1v) is 6.52. The van der Waals surface area contributed by atoms with Crippen LogP contribution in [0.4, 0.5) is 4.79 Å². The molecular weight excluding hydrogens is 230 g/mol. The van der Waals surface area contributed by atoms with E-state index in [1.807, 2.05) is 11.8 Å². The van der Waals surface area contributed by atoms with E-state index >= 15 is 0 Å². The minimum atomic E-state index is -0.745. The zero-order valence-corrected chi connectivity index (χ0v) is 9.66. The number of aliphatic carboxylic acids is 1. The fourth-order valence-corrected chi connectivity index (χ4v) is 3.63. The molecule has 0 bridgehead atoms. The fraction of sp³-hybridized carbons (Fsp3) is 0.800. The second kappa shape index (κ2) is 4.95. The summed E-state index contributed by atoms with van der Waals surface area (Å²) in [5.41, 5.74) is 0. The van der Waals surface area contributed by atoms with Gasteiger partial charge in [-0.3, -0.25) is 4.79 Å². The number of nitrogens with one attached hydrogen (secondary N) is 1. The third kappa shape index (κ3) is 2.61. The Labute approximate surface area is 97.9 Å². The topological polar surface area (TPSA) is 75.6 Å². The zero-order chi connectivity index (χ0) is 11.5. The number of hydrogen-bond donors (Lipinski definition) is 2. The van der Waals surface area contributed by atoms with Gasteiger partial charge in [-0.1, -0.05) is 6.42 Å². The van der Waals surface area contributed by atoms with E-state index in [0.29, 0.717) is 11.7 Å². The van der Waals surface area contributed by atoms with Gasteiger partial charge in [0.2, 0.25) is 0 Å². The maximum absolute atomic E-state index is 11.0. The molecule has 0 saturated carbocycles. The number of carbonyl (C=O) groups is 2. The minimum Gasteiger partial charge on any atom is -0.481 e. The van der Waals surface area contributed by atoms with E-state index in [4.69, 9.17) is 9.84 Å². The molecule has 0 aliphatic carbocycles. The Morgan fingerprint density at radius 2 is 2.38 bits per heavy atom. The van der Waals surface area contributed by atoms with Gasteiger partial charge < -0.3 is 15.2 Å². The molecule has 0 aromatic heterocycles. The summed E-state index contributed by atoms with van der Waals surface area (Å²) in [5, 5.41) is 11.6. The lowest BCUT2D eigenvalue weighted by Gasteiger charge is -2.14. The first kappa shape index (κ1) is 11.6. The summed E-state index contributed by atoms with van der Waals surface area (Å²) >= 11 is 1.81. The van der Waals surface area contributed by atoms with Gasteiger partial charge in [-0.25, -0.2) is 4.79 Å². The van der Waals surface area contributed by atoms with Gasteiger partial charge in [0.15, 0.2) is 0 Å². The van der Waals surface area contributed by atoms with Crippen LogP contribution in [0.15, 0.2) is 0 Å². The van der Waals surface area contributed by atoms with Crippen molar-refractivity contribution in [3.05, 3.63) is 0 Å². The van der Waals surface area contributed by atoms with Crippen molar-refractivity contribution in [3.8, 4) is 0 Å². The average molecular weight is 245 g/mol. The van der Waals surface area contributed by atoms with E-state index in [0.717, 1.165) is 18.6 Å². The summed E-state index contributed by atoms with van der Waals surface area (Å²) in [6, 6.07) is 0.155. The fourth-order valence-electron chi connectivity index (χ4n) is 2.14. The van der Waals surface area contributed by atoms with Crippen LogP contribution in [0.3, 0.4) is 0 Å². The van der Waals surface area contributed by atoms with Gasteiger partial charge in [0.05, 0.1) is 6.04 Å². The second-order valence-electron chi connectivity index (χ2n) is 4.13. The molecule has 2 unspecified atom stereocenters. The Morgan fingerprint density at radius 1 is 1.56 bits per heavy atom. The van der Waals surface area contributed by atoms with E-state index < -0.39 is 5.97 Å². The normalized spacial score (nSPS) is 32.0. The number of carboxylic acids is 1. The Balaban J connectivity index is 1.70. The molecule has 2 N–H and O–H groups in total. The monoisotopic (exact) mass is 245 g/mol. The van der Waals surface area contributed by atoms with Gasteiger partial charge in [-0.15, -0.1) is 0 Å². The number of carboxylic acid groups (broad SMARTS) is 1. The molecule has 16 heavy (non-hydrogen) atoms. The van der Waals surface area contributed by atoms with Gasteiger partial charge in [0.25, 0.3) is 0 Å². The lowest BCUT2D eigenvalue weighted by atomic mass is 10.0. The van der Waals surface area contributed by atoms with Gasteiger partial charge in [0, 0.05) is 17.4 Å². The average Bonchev–Trinajstić information content (AvgIpc) is 2.72. The van der Waals surface area contributed by atoms with Crippen LogP contribution in [0.1, 0.15) is 25.7 Å². The molecule has 1 amide bonds. The predicted octanol–water partition coefficient (Wildman–Crippen LogP) is 1.22. The maximum atomic E-state index is 11.0. The van der Waals surface area contributed by atoms with Crippen molar-refractivity contribution < 1.29 is 19.4 Å². The van der Waals surface area contributed by atoms with Crippen molar-refractivity contribution in [1.29, 1.82) is 0 Å². The van der Waals surface area contributed by atoms with E-state index in [2.05, 4.69) is 5.32 Å². The SMILES string of the molecule is O=C(O)CCCCC1SCC2NC(=O)O[C@@H]21. The summed E-state index contributed by atoms with van der Waals surface area (Å²) in [6.07, 6.45) is 2.40. The molecule has 2 aliphatic heterocycles. The summed E-state index contributed by atoms with van der Waals surface area (Å²) in [7, 11) is 0. The molecule has 2 fully saturated rings.